The van der Waals surface area contributed by atoms with Crippen molar-refractivity contribution in [3.8, 4) is 0 Å². The Morgan fingerprint density at radius 2 is 1.65 bits per heavy atom. The molecular formula is C31H36. The lowest BCUT2D eigenvalue weighted by molar-refractivity contribution is 0.332. The minimum absolute atomic E-state index is 0.438. The van der Waals surface area contributed by atoms with Crippen molar-refractivity contribution in [3.63, 3.8) is 0 Å². The fraction of sp³-hybridized carbons (Fsp3) is 0.419. The highest BCUT2D eigenvalue weighted by atomic mass is 14.3. The summed E-state index contributed by atoms with van der Waals surface area (Å²) in [7, 11) is 0. The van der Waals surface area contributed by atoms with Crippen molar-refractivity contribution >= 4 is 0 Å². The van der Waals surface area contributed by atoms with Crippen LogP contribution >= 0.6 is 0 Å². The average Bonchev–Trinajstić information content (AvgIpc) is 3.32. The van der Waals surface area contributed by atoms with Crippen LogP contribution in [0.4, 0.5) is 0 Å². The van der Waals surface area contributed by atoms with E-state index in [-0.39, 0.29) is 0 Å². The van der Waals surface area contributed by atoms with Gasteiger partial charge < -0.3 is 0 Å². The quantitative estimate of drug-likeness (QED) is 0.425. The second-order valence-electron chi connectivity index (χ2n) is 9.83. The van der Waals surface area contributed by atoms with Crippen molar-refractivity contribution < 1.29 is 0 Å². The van der Waals surface area contributed by atoms with Crippen LogP contribution in [0, 0.1) is 11.8 Å². The number of hydrogen-bond acceptors (Lipinski definition) is 0. The van der Waals surface area contributed by atoms with Crippen LogP contribution in [0.5, 0.6) is 0 Å². The molecule has 0 heterocycles. The zero-order valence-corrected chi connectivity index (χ0v) is 18.9. The lowest BCUT2D eigenvalue weighted by Crippen LogP contribution is -2.12. The number of aryl methyl sites for hydroxylation is 1. The van der Waals surface area contributed by atoms with Crippen LogP contribution in [-0.4, -0.2) is 0 Å². The van der Waals surface area contributed by atoms with E-state index in [1.807, 2.05) is 0 Å². The van der Waals surface area contributed by atoms with Gasteiger partial charge in [0.1, 0.15) is 0 Å². The molecule has 1 saturated carbocycles. The molecule has 0 nitrogen and oxygen atoms in total. The maximum atomic E-state index is 2.40. The predicted octanol–water partition coefficient (Wildman–Crippen LogP) is 8.39. The summed E-state index contributed by atoms with van der Waals surface area (Å²) in [5.41, 5.74) is 8.80. The Labute approximate surface area is 188 Å². The molecule has 1 aromatic carbocycles. The van der Waals surface area contributed by atoms with E-state index < -0.39 is 0 Å². The summed E-state index contributed by atoms with van der Waals surface area (Å²) in [5, 5.41) is 0. The topological polar surface area (TPSA) is 0 Å². The molecule has 0 amide bonds. The number of benzene rings is 1. The maximum Gasteiger partial charge on any atom is 0.0281 e. The van der Waals surface area contributed by atoms with Crippen molar-refractivity contribution in [2.75, 3.05) is 0 Å². The molecule has 0 spiro atoms. The summed E-state index contributed by atoms with van der Waals surface area (Å²) in [6.45, 7) is 0. The van der Waals surface area contributed by atoms with Crippen molar-refractivity contribution in [2.45, 2.75) is 70.6 Å². The molecule has 0 aromatic heterocycles. The van der Waals surface area contributed by atoms with Gasteiger partial charge in [0.25, 0.3) is 0 Å². The van der Waals surface area contributed by atoms with Gasteiger partial charge in [0, 0.05) is 5.92 Å². The predicted molar refractivity (Wildman–Crippen MR) is 133 cm³/mol. The van der Waals surface area contributed by atoms with E-state index in [2.05, 4.69) is 72.9 Å². The fourth-order valence-electron chi connectivity index (χ4n) is 5.82. The van der Waals surface area contributed by atoms with Gasteiger partial charge in [-0.3, -0.25) is 0 Å². The molecule has 0 aliphatic heterocycles. The lowest BCUT2D eigenvalue weighted by Gasteiger charge is -2.26. The van der Waals surface area contributed by atoms with Gasteiger partial charge in [0.2, 0.25) is 0 Å². The Hall–Kier alpha value is -2.34. The SMILES string of the molecule is C1=CC2C(C3=CCCC=C3)=CC=C(Cc3ccc(CCCC4CCCCC4)cc3)C2=C1. The Bertz CT molecular complexity index is 952. The third-order valence-corrected chi connectivity index (χ3v) is 7.63. The van der Waals surface area contributed by atoms with E-state index in [0.717, 1.165) is 12.3 Å². The second kappa shape index (κ2) is 9.86. The van der Waals surface area contributed by atoms with E-state index in [1.54, 1.807) is 0 Å². The van der Waals surface area contributed by atoms with Crippen molar-refractivity contribution in [3.05, 3.63) is 106 Å². The molecule has 160 valence electrons. The normalized spacial score (nSPS) is 23.2. The minimum atomic E-state index is 0.438. The summed E-state index contributed by atoms with van der Waals surface area (Å²) in [6, 6.07) is 9.47. The minimum Gasteiger partial charge on any atom is -0.0836 e. The molecule has 0 saturated heterocycles. The zero-order chi connectivity index (χ0) is 20.9. The van der Waals surface area contributed by atoms with Crippen molar-refractivity contribution in [1.82, 2.24) is 0 Å². The van der Waals surface area contributed by atoms with E-state index >= 15 is 0 Å². The van der Waals surface area contributed by atoms with Gasteiger partial charge in [-0.2, -0.15) is 0 Å². The molecule has 0 radical (unpaired) electrons. The maximum absolute atomic E-state index is 2.40. The first-order valence-corrected chi connectivity index (χ1v) is 12.6. The highest BCUT2D eigenvalue weighted by Crippen LogP contribution is 2.40. The van der Waals surface area contributed by atoms with Crippen molar-refractivity contribution in [2.24, 2.45) is 11.8 Å². The fourth-order valence-corrected chi connectivity index (χ4v) is 5.82. The van der Waals surface area contributed by atoms with Crippen molar-refractivity contribution in [1.29, 1.82) is 0 Å². The highest BCUT2D eigenvalue weighted by molar-refractivity contribution is 5.60. The number of fused-ring (bicyclic) bond motifs is 1. The molecule has 0 N–H and O–H groups in total. The van der Waals surface area contributed by atoms with Gasteiger partial charge >= 0.3 is 0 Å². The summed E-state index contributed by atoms with van der Waals surface area (Å²) in [6.07, 6.45) is 33.5. The number of rotatable bonds is 7. The van der Waals surface area contributed by atoms with E-state index in [0.29, 0.717) is 5.92 Å². The standard InChI is InChI=1S/C31H36/c1-3-9-24(10-4-1)11-7-12-25-17-19-26(20-18-25)23-28-21-22-30(27-13-5-2-6-14-27)31-16-8-15-29(28)31/h5,8,13-22,24,31H,1-4,6-7,9-12,23H2. The van der Waals surface area contributed by atoms with Gasteiger partial charge in [-0.05, 0) is 71.4 Å². The average molecular weight is 409 g/mol. The molecule has 1 atom stereocenters. The van der Waals surface area contributed by atoms with Gasteiger partial charge in [0.05, 0.1) is 0 Å². The first kappa shape index (κ1) is 20.6. The lowest BCUT2D eigenvalue weighted by atomic mass is 9.78. The summed E-state index contributed by atoms with van der Waals surface area (Å²) in [4.78, 5) is 0. The van der Waals surface area contributed by atoms with Crippen LogP contribution in [0.2, 0.25) is 0 Å². The Morgan fingerprint density at radius 1 is 0.806 bits per heavy atom. The Kier molecular flexibility index (Phi) is 6.54. The Balaban J connectivity index is 1.20. The van der Waals surface area contributed by atoms with E-state index in [1.165, 1.54) is 97.6 Å². The van der Waals surface area contributed by atoms with Gasteiger partial charge in [-0.15, -0.1) is 0 Å². The molecule has 1 aromatic rings. The van der Waals surface area contributed by atoms with Crippen LogP contribution in [0.25, 0.3) is 0 Å². The molecule has 4 aliphatic carbocycles. The highest BCUT2D eigenvalue weighted by Gasteiger charge is 2.26. The molecule has 1 fully saturated rings. The molecule has 0 bridgehead atoms. The molecule has 5 rings (SSSR count). The van der Waals surface area contributed by atoms with Gasteiger partial charge in [0.15, 0.2) is 0 Å². The van der Waals surface area contributed by atoms with Gasteiger partial charge in [-0.1, -0.05) is 111 Å². The summed E-state index contributed by atoms with van der Waals surface area (Å²) >= 11 is 0. The van der Waals surface area contributed by atoms with Crippen LogP contribution in [0.3, 0.4) is 0 Å². The van der Waals surface area contributed by atoms with E-state index in [9.17, 15) is 0 Å². The van der Waals surface area contributed by atoms with Crippen LogP contribution in [-0.2, 0) is 12.8 Å². The third kappa shape index (κ3) is 4.95. The number of allylic oxidation sites excluding steroid dienone is 12. The molecule has 4 aliphatic rings. The summed E-state index contributed by atoms with van der Waals surface area (Å²) in [5.74, 6) is 1.44. The molecular weight excluding hydrogens is 372 g/mol. The smallest absolute Gasteiger partial charge is 0.0281 e. The third-order valence-electron chi connectivity index (χ3n) is 7.63. The molecule has 1 unspecified atom stereocenters. The number of hydrogen-bond donors (Lipinski definition) is 0. The largest absolute Gasteiger partial charge is 0.0836 e. The Morgan fingerprint density at radius 3 is 2.45 bits per heavy atom. The second-order valence-corrected chi connectivity index (χ2v) is 9.83. The van der Waals surface area contributed by atoms with Crippen LogP contribution < -0.4 is 0 Å². The van der Waals surface area contributed by atoms with Gasteiger partial charge in [-0.25, -0.2) is 0 Å². The summed E-state index contributed by atoms with van der Waals surface area (Å²) < 4.78 is 0. The molecule has 0 heteroatoms. The first-order chi connectivity index (χ1) is 15.4. The molecule has 31 heavy (non-hydrogen) atoms. The van der Waals surface area contributed by atoms with Crippen LogP contribution in [0.1, 0.15) is 68.9 Å². The van der Waals surface area contributed by atoms with Crippen LogP contribution in [0.15, 0.2) is 95.2 Å². The monoisotopic (exact) mass is 408 g/mol. The van der Waals surface area contributed by atoms with E-state index in [4.69, 9.17) is 0 Å². The zero-order valence-electron chi connectivity index (χ0n) is 18.9. The first-order valence-electron chi connectivity index (χ1n) is 12.6.